The second-order valence-corrected chi connectivity index (χ2v) is 6.23. The van der Waals surface area contributed by atoms with Gasteiger partial charge in [-0.1, -0.05) is 47.7 Å². The van der Waals surface area contributed by atoms with E-state index in [1.165, 1.54) is 6.92 Å². The zero-order valence-electron chi connectivity index (χ0n) is 10.4. The third-order valence-corrected chi connectivity index (χ3v) is 4.32. The van der Waals surface area contributed by atoms with Crippen molar-refractivity contribution in [3.05, 3.63) is 39.8 Å². The number of nitrogens with zero attached hydrogens (tertiary/aromatic N) is 1. The molecule has 0 radical (unpaired) electrons. The first-order chi connectivity index (χ1) is 9.40. The van der Waals surface area contributed by atoms with Crippen LogP contribution in [0.5, 0.6) is 0 Å². The molecule has 0 spiro atoms. The molecule has 1 aromatic rings. The number of carboxylic acid groups (broad SMARTS) is 1. The minimum Gasteiger partial charge on any atom is -0.480 e. The highest BCUT2D eigenvalue weighted by molar-refractivity contribution is 8.26. The lowest BCUT2D eigenvalue weighted by Crippen LogP contribution is -2.41. The third-order valence-electron chi connectivity index (χ3n) is 2.74. The van der Waals surface area contributed by atoms with Gasteiger partial charge in [0, 0.05) is 5.02 Å². The summed E-state index contributed by atoms with van der Waals surface area (Å²) in [5.41, 5.74) is 0.804. The highest BCUT2D eigenvalue weighted by atomic mass is 35.5. The Morgan fingerprint density at radius 1 is 1.45 bits per heavy atom. The summed E-state index contributed by atoms with van der Waals surface area (Å²) in [5, 5.41) is 9.59. The summed E-state index contributed by atoms with van der Waals surface area (Å²) < 4.78 is 0.255. The van der Waals surface area contributed by atoms with Crippen molar-refractivity contribution in [3.8, 4) is 0 Å². The number of halogens is 1. The number of amides is 1. The van der Waals surface area contributed by atoms with E-state index in [-0.39, 0.29) is 10.2 Å². The monoisotopic (exact) mass is 327 g/mol. The molecular formula is C13H10ClNO3S2. The molecule has 1 atom stereocenters. The molecule has 2 rings (SSSR count). The van der Waals surface area contributed by atoms with Crippen molar-refractivity contribution >= 4 is 57.9 Å². The van der Waals surface area contributed by atoms with Crippen LogP contribution in [0.25, 0.3) is 6.08 Å². The summed E-state index contributed by atoms with van der Waals surface area (Å²) in [7, 11) is 0. The first-order valence-corrected chi connectivity index (χ1v) is 7.26. The van der Waals surface area contributed by atoms with Gasteiger partial charge in [-0.25, -0.2) is 4.79 Å². The molecule has 1 amide bonds. The number of benzene rings is 1. The smallest absolute Gasteiger partial charge is 0.326 e. The summed E-state index contributed by atoms with van der Waals surface area (Å²) in [6, 6.07) is 6.01. The van der Waals surface area contributed by atoms with Gasteiger partial charge in [0.1, 0.15) is 10.4 Å². The fourth-order valence-electron chi connectivity index (χ4n) is 1.63. The maximum Gasteiger partial charge on any atom is 0.326 e. The second kappa shape index (κ2) is 5.95. The Balaban J connectivity index is 2.28. The molecule has 1 aliphatic heterocycles. The Kier molecular flexibility index (Phi) is 4.47. The lowest BCUT2D eigenvalue weighted by atomic mass is 10.2. The third kappa shape index (κ3) is 3.03. The minimum atomic E-state index is -1.09. The summed E-state index contributed by atoms with van der Waals surface area (Å²) in [4.78, 5) is 24.7. The molecule has 0 aromatic heterocycles. The number of rotatable bonds is 3. The van der Waals surface area contributed by atoms with Crippen LogP contribution in [0, 0.1) is 0 Å². The van der Waals surface area contributed by atoms with Crippen molar-refractivity contribution in [2.75, 3.05) is 0 Å². The molecule has 1 aliphatic rings. The second-order valence-electron chi connectivity index (χ2n) is 4.12. The van der Waals surface area contributed by atoms with E-state index in [9.17, 15) is 9.59 Å². The van der Waals surface area contributed by atoms with Crippen molar-refractivity contribution in [1.82, 2.24) is 4.90 Å². The van der Waals surface area contributed by atoms with Crippen LogP contribution in [-0.2, 0) is 9.59 Å². The number of carbonyl (C=O) groups is 2. The topological polar surface area (TPSA) is 57.6 Å². The number of carboxylic acids is 1. The van der Waals surface area contributed by atoms with Gasteiger partial charge < -0.3 is 5.11 Å². The Hall–Kier alpha value is -1.37. The highest BCUT2D eigenvalue weighted by Gasteiger charge is 2.38. The number of hydrogen-bond acceptors (Lipinski definition) is 4. The molecule has 0 aliphatic carbocycles. The van der Waals surface area contributed by atoms with Gasteiger partial charge in [0.15, 0.2) is 0 Å². The molecular weight excluding hydrogens is 318 g/mol. The van der Waals surface area contributed by atoms with Crippen molar-refractivity contribution in [2.24, 2.45) is 0 Å². The van der Waals surface area contributed by atoms with Gasteiger partial charge in [0.05, 0.1) is 4.91 Å². The standard InChI is InChI=1S/C13H10ClNO3S2/c1-7(12(17)18)15-11(16)10(20-13(15)19)6-8-2-4-9(14)5-3-8/h2-7H,1H3,(H,17,18)/b10-6+/t7-/m0/s1. The van der Waals surface area contributed by atoms with Crippen LogP contribution in [-0.4, -0.2) is 32.2 Å². The van der Waals surface area contributed by atoms with Gasteiger partial charge in [-0.15, -0.1) is 0 Å². The number of carbonyl (C=O) groups excluding carboxylic acids is 1. The van der Waals surface area contributed by atoms with E-state index in [1.807, 2.05) is 0 Å². The quantitative estimate of drug-likeness (QED) is 0.683. The van der Waals surface area contributed by atoms with Gasteiger partial charge in [-0.2, -0.15) is 0 Å². The first-order valence-electron chi connectivity index (χ1n) is 5.65. The lowest BCUT2D eigenvalue weighted by molar-refractivity contribution is -0.144. The molecule has 20 heavy (non-hydrogen) atoms. The van der Waals surface area contributed by atoms with Crippen LogP contribution in [0.15, 0.2) is 29.2 Å². The van der Waals surface area contributed by atoms with E-state index < -0.39 is 12.0 Å². The first kappa shape index (κ1) is 15.0. The molecule has 0 saturated carbocycles. The zero-order valence-corrected chi connectivity index (χ0v) is 12.8. The summed E-state index contributed by atoms with van der Waals surface area (Å²) in [5.74, 6) is -1.47. The summed E-state index contributed by atoms with van der Waals surface area (Å²) in [6.07, 6.45) is 1.67. The van der Waals surface area contributed by atoms with E-state index in [0.717, 1.165) is 22.2 Å². The fourth-order valence-corrected chi connectivity index (χ4v) is 3.18. The lowest BCUT2D eigenvalue weighted by Gasteiger charge is -2.18. The maximum absolute atomic E-state index is 12.2. The van der Waals surface area contributed by atoms with E-state index in [1.54, 1.807) is 30.3 Å². The van der Waals surface area contributed by atoms with Crippen molar-refractivity contribution < 1.29 is 14.7 Å². The highest BCUT2D eigenvalue weighted by Crippen LogP contribution is 2.34. The summed E-state index contributed by atoms with van der Waals surface area (Å²) in [6.45, 7) is 1.43. The molecule has 4 nitrogen and oxygen atoms in total. The molecule has 1 N–H and O–H groups in total. The van der Waals surface area contributed by atoms with E-state index in [2.05, 4.69) is 0 Å². The van der Waals surface area contributed by atoms with Crippen LogP contribution in [0.4, 0.5) is 0 Å². The van der Waals surface area contributed by atoms with E-state index in [4.69, 9.17) is 28.9 Å². The van der Waals surface area contributed by atoms with Crippen molar-refractivity contribution in [3.63, 3.8) is 0 Å². The van der Waals surface area contributed by atoms with Crippen LogP contribution in [0.3, 0.4) is 0 Å². The molecule has 0 unspecified atom stereocenters. The average molecular weight is 328 g/mol. The number of thiocarbonyl (C=S) groups is 1. The van der Waals surface area contributed by atoms with Gasteiger partial charge in [-0.05, 0) is 30.7 Å². The molecule has 1 heterocycles. The van der Waals surface area contributed by atoms with Crippen molar-refractivity contribution in [1.29, 1.82) is 0 Å². The van der Waals surface area contributed by atoms with E-state index >= 15 is 0 Å². The molecule has 0 bridgehead atoms. The Morgan fingerprint density at radius 2 is 2.05 bits per heavy atom. The average Bonchev–Trinajstić information content (AvgIpc) is 2.66. The Morgan fingerprint density at radius 3 is 2.60 bits per heavy atom. The molecule has 1 aromatic carbocycles. The normalized spacial score (nSPS) is 18.7. The largest absolute Gasteiger partial charge is 0.480 e. The van der Waals surface area contributed by atoms with Crippen LogP contribution in [0.2, 0.25) is 5.02 Å². The van der Waals surface area contributed by atoms with Gasteiger partial charge in [0.2, 0.25) is 0 Å². The van der Waals surface area contributed by atoms with Crippen LogP contribution >= 0.6 is 35.6 Å². The van der Waals surface area contributed by atoms with Gasteiger partial charge in [-0.3, -0.25) is 9.69 Å². The van der Waals surface area contributed by atoms with Gasteiger partial charge >= 0.3 is 5.97 Å². The van der Waals surface area contributed by atoms with Crippen LogP contribution in [0.1, 0.15) is 12.5 Å². The fraction of sp³-hybridized carbons (Fsp3) is 0.154. The zero-order chi connectivity index (χ0) is 14.9. The van der Waals surface area contributed by atoms with Crippen LogP contribution < -0.4 is 0 Å². The van der Waals surface area contributed by atoms with Crippen molar-refractivity contribution in [2.45, 2.75) is 13.0 Å². The maximum atomic E-state index is 12.2. The minimum absolute atomic E-state index is 0.255. The van der Waals surface area contributed by atoms with Gasteiger partial charge in [0.25, 0.3) is 5.91 Å². The SMILES string of the molecule is C[C@@H](C(=O)O)N1C(=O)/C(=C\c2ccc(Cl)cc2)SC1=S. The number of thioether (sulfide) groups is 1. The Bertz CT molecular complexity index is 613. The number of hydrogen-bond donors (Lipinski definition) is 1. The molecule has 7 heteroatoms. The van der Waals surface area contributed by atoms with E-state index in [0.29, 0.717) is 9.93 Å². The predicted octanol–water partition coefficient (Wildman–Crippen LogP) is 3.01. The summed E-state index contributed by atoms with van der Waals surface area (Å²) >= 11 is 12.0. The molecule has 1 saturated heterocycles. The Labute approximate surface area is 130 Å². The molecule has 104 valence electrons. The number of aliphatic carboxylic acids is 1. The molecule has 1 fully saturated rings. The predicted molar refractivity (Wildman–Crippen MR) is 83.6 cm³/mol.